The van der Waals surface area contributed by atoms with Gasteiger partial charge in [0.2, 0.25) is 0 Å². The van der Waals surface area contributed by atoms with Crippen LogP contribution in [0, 0.1) is 0 Å². The molecular weight excluding hydrogens is 236 g/mol. The minimum absolute atomic E-state index is 0. The van der Waals surface area contributed by atoms with Crippen molar-refractivity contribution < 1.29 is 0 Å². The highest BCUT2D eigenvalue weighted by Gasteiger charge is 2.06. The lowest BCUT2D eigenvalue weighted by Crippen LogP contribution is -2.25. The van der Waals surface area contributed by atoms with E-state index < -0.39 is 0 Å². The zero-order valence-electron chi connectivity index (χ0n) is 9.32. The summed E-state index contributed by atoms with van der Waals surface area (Å²) < 4.78 is 1.62. The second kappa shape index (κ2) is 6.23. The lowest BCUT2D eigenvalue weighted by molar-refractivity contribution is 0.562. The Kier molecular flexibility index (Phi) is 4.94. The highest BCUT2D eigenvalue weighted by Crippen LogP contribution is 2.10. The van der Waals surface area contributed by atoms with E-state index in [1.54, 1.807) is 16.8 Å². The molecule has 0 saturated carbocycles. The van der Waals surface area contributed by atoms with E-state index in [1.165, 1.54) is 6.07 Å². The summed E-state index contributed by atoms with van der Waals surface area (Å²) in [5.74, 6) is 0. The van der Waals surface area contributed by atoms with Crippen molar-refractivity contribution in [3.05, 3.63) is 70.6 Å². The molecule has 0 amide bonds. The maximum Gasteiger partial charge on any atom is 0.250 e. The average Bonchev–Trinajstić information content (AvgIpc) is 2.33. The summed E-state index contributed by atoms with van der Waals surface area (Å²) in [5, 5.41) is 0. The molecule has 1 heterocycles. The number of halogens is 1. The molecule has 0 aliphatic rings. The van der Waals surface area contributed by atoms with Crippen molar-refractivity contribution in [3.8, 4) is 0 Å². The fraction of sp³-hybridized carbons (Fsp3) is 0.154. The second-order valence-corrected chi connectivity index (χ2v) is 3.71. The van der Waals surface area contributed by atoms with Crippen LogP contribution in [0.25, 0.3) is 0 Å². The number of aromatic nitrogens is 1. The van der Waals surface area contributed by atoms with E-state index in [2.05, 4.69) is 0 Å². The third kappa shape index (κ3) is 3.44. The molecule has 2 N–H and O–H groups in total. The van der Waals surface area contributed by atoms with Crippen LogP contribution < -0.4 is 11.3 Å². The van der Waals surface area contributed by atoms with Gasteiger partial charge in [0, 0.05) is 24.8 Å². The fourth-order valence-corrected chi connectivity index (χ4v) is 1.63. The van der Waals surface area contributed by atoms with Crippen LogP contribution in [0.4, 0.5) is 0 Å². The van der Waals surface area contributed by atoms with Gasteiger partial charge in [-0.1, -0.05) is 36.4 Å². The average molecular weight is 251 g/mol. The quantitative estimate of drug-likeness (QED) is 0.906. The third-order valence-electron chi connectivity index (χ3n) is 2.52. The van der Waals surface area contributed by atoms with Gasteiger partial charge in [-0.3, -0.25) is 4.79 Å². The van der Waals surface area contributed by atoms with Crippen LogP contribution in [0.5, 0.6) is 0 Å². The van der Waals surface area contributed by atoms with Gasteiger partial charge in [0.1, 0.15) is 0 Å². The molecule has 1 unspecified atom stereocenters. The summed E-state index contributed by atoms with van der Waals surface area (Å²) in [5.41, 5.74) is 7.06. The lowest BCUT2D eigenvalue weighted by atomic mass is 10.1. The van der Waals surface area contributed by atoms with Crippen LogP contribution in [-0.2, 0) is 6.54 Å². The SMILES string of the molecule is Cl.NC(Cn1ccccc1=O)c1ccccc1. The minimum Gasteiger partial charge on any atom is -0.322 e. The summed E-state index contributed by atoms with van der Waals surface area (Å²) >= 11 is 0. The molecule has 0 fully saturated rings. The summed E-state index contributed by atoms with van der Waals surface area (Å²) in [6, 6.07) is 14.7. The molecule has 0 aliphatic carbocycles. The number of nitrogens with two attached hydrogens (primary N) is 1. The lowest BCUT2D eigenvalue weighted by Gasteiger charge is -2.13. The Morgan fingerprint density at radius 1 is 1.06 bits per heavy atom. The van der Waals surface area contributed by atoms with E-state index in [0.29, 0.717) is 6.54 Å². The smallest absolute Gasteiger partial charge is 0.250 e. The maximum atomic E-state index is 11.5. The Hall–Kier alpha value is -1.58. The van der Waals surface area contributed by atoms with Crippen LogP contribution in [0.3, 0.4) is 0 Å². The van der Waals surface area contributed by atoms with E-state index >= 15 is 0 Å². The topological polar surface area (TPSA) is 48.0 Å². The molecule has 1 aromatic carbocycles. The molecule has 0 bridgehead atoms. The first-order valence-electron chi connectivity index (χ1n) is 5.23. The predicted octanol–water partition coefficient (Wildman–Crippen LogP) is 1.97. The van der Waals surface area contributed by atoms with Crippen molar-refractivity contribution in [2.45, 2.75) is 12.6 Å². The highest BCUT2D eigenvalue weighted by atomic mass is 35.5. The summed E-state index contributed by atoms with van der Waals surface area (Å²) in [4.78, 5) is 11.5. The Morgan fingerprint density at radius 3 is 2.35 bits per heavy atom. The molecule has 1 atom stereocenters. The zero-order chi connectivity index (χ0) is 11.4. The fourth-order valence-electron chi connectivity index (χ4n) is 1.63. The van der Waals surface area contributed by atoms with E-state index in [-0.39, 0.29) is 24.0 Å². The van der Waals surface area contributed by atoms with Crippen LogP contribution in [0.15, 0.2) is 59.5 Å². The van der Waals surface area contributed by atoms with Gasteiger partial charge in [-0.05, 0) is 11.6 Å². The number of rotatable bonds is 3. The van der Waals surface area contributed by atoms with Gasteiger partial charge < -0.3 is 10.3 Å². The first-order valence-corrected chi connectivity index (χ1v) is 5.23. The molecule has 2 rings (SSSR count). The molecule has 90 valence electrons. The van der Waals surface area contributed by atoms with Crippen LogP contribution in [0.1, 0.15) is 11.6 Å². The third-order valence-corrected chi connectivity index (χ3v) is 2.52. The van der Waals surface area contributed by atoms with E-state index in [1.807, 2.05) is 36.4 Å². The molecule has 1 aromatic heterocycles. The maximum absolute atomic E-state index is 11.5. The van der Waals surface area contributed by atoms with Crippen molar-refractivity contribution >= 4 is 12.4 Å². The molecule has 0 aliphatic heterocycles. The highest BCUT2D eigenvalue weighted by molar-refractivity contribution is 5.85. The first-order chi connectivity index (χ1) is 7.77. The minimum atomic E-state index is -0.152. The number of hydrogen-bond acceptors (Lipinski definition) is 2. The van der Waals surface area contributed by atoms with Gasteiger partial charge in [0.25, 0.3) is 5.56 Å². The van der Waals surface area contributed by atoms with Crippen molar-refractivity contribution in [2.75, 3.05) is 0 Å². The van der Waals surface area contributed by atoms with Crippen LogP contribution >= 0.6 is 12.4 Å². The molecule has 17 heavy (non-hydrogen) atoms. The second-order valence-electron chi connectivity index (χ2n) is 3.71. The molecular formula is C13H15ClN2O. The van der Waals surface area contributed by atoms with Gasteiger partial charge in [0.15, 0.2) is 0 Å². The predicted molar refractivity (Wildman–Crippen MR) is 71.3 cm³/mol. The zero-order valence-corrected chi connectivity index (χ0v) is 10.1. The number of hydrogen-bond donors (Lipinski definition) is 1. The van der Waals surface area contributed by atoms with Gasteiger partial charge in [-0.2, -0.15) is 0 Å². The Labute approximate surface area is 106 Å². The Balaban J connectivity index is 0.00000144. The van der Waals surface area contributed by atoms with Crippen molar-refractivity contribution in [3.63, 3.8) is 0 Å². The van der Waals surface area contributed by atoms with Gasteiger partial charge in [0.05, 0.1) is 0 Å². The number of benzene rings is 1. The van der Waals surface area contributed by atoms with Gasteiger partial charge >= 0.3 is 0 Å². The largest absolute Gasteiger partial charge is 0.322 e. The van der Waals surface area contributed by atoms with Crippen molar-refractivity contribution in [1.29, 1.82) is 0 Å². The molecule has 0 saturated heterocycles. The molecule has 0 spiro atoms. The molecule has 0 radical (unpaired) electrons. The van der Waals surface area contributed by atoms with Crippen LogP contribution in [-0.4, -0.2) is 4.57 Å². The Morgan fingerprint density at radius 2 is 1.71 bits per heavy atom. The Bertz CT molecular complexity index is 510. The van der Waals surface area contributed by atoms with E-state index in [0.717, 1.165) is 5.56 Å². The monoisotopic (exact) mass is 250 g/mol. The molecule has 3 nitrogen and oxygen atoms in total. The molecule has 4 heteroatoms. The van der Waals surface area contributed by atoms with Gasteiger partial charge in [-0.25, -0.2) is 0 Å². The van der Waals surface area contributed by atoms with Crippen molar-refractivity contribution in [1.82, 2.24) is 4.57 Å². The van der Waals surface area contributed by atoms with E-state index in [9.17, 15) is 4.79 Å². The molecule has 2 aromatic rings. The van der Waals surface area contributed by atoms with E-state index in [4.69, 9.17) is 5.73 Å². The number of pyridine rings is 1. The summed E-state index contributed by atoms with van der Waals surface area (Å²) in [7, 11) is 0. The number of nitrogens with zero attached hydrogens (tertiary/aromatic N) is 1. The summed E-state index contributed by atoms with van der Waals surface area (Å²) in [6.07, 6.45) is 1.76. The standard InChI is InChI=1S/C13H14N2O.ClH/c14-12(11-6-2-1-3-7-11)10-15-9-5-4-8-13(15)16;/h1-9,12H,10,14H2;1H. The first kappa shape index (κ1) is 13.5. The summed E-state index contributed by atoms with van der Waals surface area (Å²) in [6.45, 7) is 0.504. The normalized spacial score (nSPS) is 11.6. The van der Waals surface area contributed by atoms with Crippen molar-refractivity contribution in [2.24, 2.45) is 5.73 Å². The van der Waals surface area contributed by atoms with Crippen LogP contribution in [0.2, 0.25) is 0 Å². The van der Waals surface area contributed by atoms with Gasteiger partial charge in [-0.15, -0.1) is 12.4 Å².